The first-order valence-electron chi connectivity index (χ1n) is 7.74. The highest BCUT2D eigenvalue weighted by Crippen LogP contribution is 2.26. The molecule has 6 heteroatoms. The molecule has 0 spiro atoms. The second-order valence-corrected chi connectivity index (χ2v) is 6.97. The number of benzene rings is 2. The Kier molecular flexibility index (Phi) is 5.62. The van der Waals surface area contributed by atoms with E-state index in [1.807, 2.05) is 32.0 Å². The van der Waals surface area contributed by atoms with E-state index >= 15 is 0 Å². The maximum absolute atomic E-state index is 12.7. The number of hydrogen-bond acceptors (Lipinski definition) is 4. The summed E-state index contributed by atoms with van der Waals surface area (Å²) in [6.45, 7) is 3.95. The number of sulfonamides is 1. The predicted molar refractivity (Wildman–Crippen MR) is 93.8 cm³/mol. The van der Waals surface area contributed by atoms with Gasteiger partial charge in [-0.2, -0.15) is 0 Å². The summed E-state index contributed by atoms with van der Waals surface area (Å²) in [5, 5.41) is 0. The first kappa shape index (κ1) is 18.0. The molecule has 0 bridgehead atoms. The molecule has 5 nitrogen and oxygen atoms in total. The number of hydrogen-bond donors (Lipinski definition) is 1. The van der Waals surface area contributed by atoms with E-state index in [0.29, 0.717) is 18.5 Å². The minimum atomic E-state index is -3.80. The Morgan fingerprint density at radius 1 is 1.04 bits per heavy atom. The molecule has 0 radical (unpaired) electrons. The zero-order valence-electron chi connectivity index (χ0n) is 14.0. The maximum Gasteiger partial charge on any atom is 0.337 e. The minimum absolute atomic E-state index is 0.0263. The van der Waals surface area contributed by atoms with E-state index in [9.17, 15) is 13.2 Å². The lowest BCUT2D eigenvalue weighted by Gasteiger charge is -2.16. The number of aryl methyl sites for hydroxylation is 2. The summed E-state index contributed by atoms with van der Waals surface area (Å²) in [4.78, 5) is 11.6. The van der Waals surface area contributed by atoms with Crippen molar-refractivity contribution in [2.75, 3.05) is 11.8 Å². The fraction of sp³-hybridized carbons (Fsp3) is 0.278. The molecule has 0 saturated heterocycles. The Balaban J connectivity index is 2.45. The third-order valence-corrected chi connectivity index (χ3v) is 5.15. The van der Waals surface area contributed by atoms with Crippen LogP contribution in [0.3, 0.4) is 0 Å². The van der Waals surface area contributed by atoms with Gasteiger partial charge in [0.25, 0.3) is 10.0 Å². The van der Waals surface area contributed by atoms with Crippen LogP contribution in [0.5, 0.6) is 0 Å². The van der Waals surface area contributed by atoms with Crippen molar-refractivity contribution in [2.24, 2.45) is 0 Å². The van der Waals surface area contributed by atoms with Crippen LogP contribution < -0.4 is 4.72 Å². The number of rotatable bonds is 6. The molecule has 24 heavy (non-hydrogen) atoms. The molecule has 0 unspecified atom stereocenters. The summed E-state index contributed by atoms with van der Waals surface area (Å²) < 4.78 is 32.8. The number of methoxy groups -OCH3 is 1. The second-order valence-electron chi connectivity index (χ2n) is 5.28. The SMILES string of the molecule is CCc1cccc(CC)c1NS(=O)(=O)c1cccc(C(=O)OC)c1. The fourth-order valence-electron chi connectivity index (χ4n) is 2.48. The highest BCUT2D eigenvalue weighted by atomic mass is 32.2. The number of carbonyl (C=O) groups is 1. The van der Waals surface area contributed by atoms with Crippen molar-refractivity contribution in [3.8, 4) is 0 Å². The standard InChI is InChI=1S/C18H21NO4S/c1-4-13-8-6-9-14(5-2)17(13)19-24(21,22)16-11-7-10-15(12-16)18(20)23-3/h6-12,19H,4-5H2,1-3H3. The van der Waals surface area contributed by atoms with Crippen LogP contribution in [0.4, 0.5) is 5.69 Å². The molecule has 0 aliphatic rings. The highest BCUT2D eigenvalue weighted by molar-refractivity contribution is 7.92. The van der Waals surface area contributed by atoms with Crippen LogP contribution >= 0.6 is 0 Å². The van der Waals surface area contributed by atoms with Gasteiger partial charge in [-0.1, -0.05) is 38.1 Å². The molecule has 2 aromatic rings. The van der Waals surface area contributed by atoms with Crippen molar-refractivity contribution in [1.82, 2.24) is 0 Å². The van der Waals surface area contributed by atoms with Crippen LogP contribution in [0.2, 0.25) is 0 Å². The molecule has 1 N–H and O–H groups in total. The van der Waals surface area contributed by atoms with E-state index in [2.05, 4.69) is 9.46 Å². The largest absolute Gasteiger partial charge is 0.465 e. The molecule has 2 rings (SSSR count). The molecule has 0 aliphatic carbocycles. The molecule has 0 amide bonds. The van der Waals surface area contributed by atoms with E-state index in [1.165, 1.54) is 31.4 Å². The van der Waals surface area contributed by atoms with E-state index < -0.39 is 16.0 Å². The Morgan fingerprint density at radius 2 is 1.62 bits per heavy atom. The minimum Gasteiger partial charge on any atom is -0.465 e. The highest BCUT2D eigenvalue weighted by Gasteiger charge is 2.19. The molecule has 0 fully saturated rings. The van der Waals surface area contributed by atoms with Gasteiger partial charge in [-0.3, -0.25) is 4.72 Å². The average molecular weight is 347 g/mol. The summed E-state index contributed by atoms with van der Waals surface area (Å²) in [6, 6.07) is 11.5. The van der Waals surface area contributed by atoms with Gasteiger partial charge in [-0.25, -0.2) is 13.2 Å². The molecule has 128 valence electrons. The summed E-state index contributed by atoms with van der Waals surface area (Å²) in [6.07, 6.45) is 1.43. The first-order chi connectivity index (χ1) is 11.4. The van der Waals surface area contributed by atoms with Crippen LogP contribution in [0.1, 0.15) is 35.3 Å². The molecular weight excluding hydrogens is 326 g/mol. The van der Waals surface area contributed by atoms with Crippen molar-refractivity contribution in [1.29, 1.82) is 0 Å². The number of nitrogens with one attached hydrogen (secondary N) is 1. The van der Waals surface area contributed by atoms with Gasteiger partial charge in [0, 0.05) is 0 Å². The Labute approximate surface area is 142 Å². The number of para-hydroxylation sites is 1. The Bertz CT molecular complexity index is 822. The Hall–Kier alpha value is -2.34. The van der Waals surface area contributed by atoms with Crippen LogP contribution in [-0.4, -0.2) is 21.5 Å². The smallest absolute Gasteiger partial charge is 0.337 e. The lowest BCUT2D eigenvalue weighted by molar-refractivity contribution is 0.0600. The van der Waals surface area contributed by atoms with Gasteiger partial charge in [0.15, 0.2) is 0 Å². The van der Waals surface area contributed by atoms with E-state index in [0.717, 1.165) is 11.1 Å². The molecule has 0 heterocycles. The van der Waals surface area contributed by atoms with Gasteiger partial charge in [-0.15, -0.1) is 0 Å². The fourth-order valence-corrected chi connectivity index (χ4v) is 3.66. The second kappa shape index (κ2) is 7.49. The molecular formula is C18H21NO4S. The summed E-state index contributed by atoms with van der Waals surface area (Å²) in [5.74, 6) is -0.574. The van der Waals surface area contributed by atoms with Crippen LogP contribution in [0.25, 0.3) is 0 Å². The van der Waals surface area contributed by atoms with Gasteiger partial charge < -0.3 is 4.74 Å². The van der Waals surface area contributed by atoms with Gasteiger partial charge in [-0.05, 0) is 42.2 Å². The van der Waals surface area contributed by atoms with Gasteiger partial charge >= 0.3 is 5.97 Å². The zero-order valence-corrected chi connectivity index (χ0v) is 14.8. The molecule has 0 atom stereocenters. The van der Waals surface area contributed by atoms with Crippen molar-refractivity contribution in [3.05, 3.63) is 59.2 Å². The Morgan fingerprint density at radius 3 is 2.17 bits per heavy atom. The summed E-state index contributed by atoms with van der Waals surface area (Å²) >= 11 is 0. The lowest BCUT2D eigenvalue weighted by atomic mass is 10.0. The van der Waals surface area contributed by atoms with Gasteiger partial charge in [0.2, 0.25) is 0 Å². The number of carbonyl (C=O) groups excluding carboxylic acids is 1. The van der Waals surface area contributed by atoms with Crippen LogP contribution in [0, 0.1) is 0 Å². The van der Waals surface area contributed by atoms with E-state index in [1.54, 1.807) is 0 Å². The number of esters is 1. The zero-order chi connectivity index (χ0) is 17.7. The monoisotopic (exact) mass is 347 g/mol. The predicted octanol–water partition coefficient (Wildman–Crippen LogP) is 3.40. The molecule has 0 aliphatic heterocycles. The first-order valence-corrected chi connectivity index (χ1v) is 9.23. The average Bonchev–Trinajstić information content (AvgIpc) is 2.61. The van der Waals surface area contributed by atoms with Crippen molar-refractivity contribution >= 4 is 21.7 Å². The summed E-state index contributed by atoms with van der Waals surface area (Å²) in [5.41, 5.74) is 2.68. The van der Waals surface area contributed by atoms with Crippen LogP contribution in [-0.2, 0) is 27.6 Å². The topological polar surface area (TPSA) is 72.5 Å². The molecule has 0 saturated carbocycles. The quantitative estimate of drug-likeness (QED) is 0.813. The van der Waals surface area contributed by atoms with Crippen LogP contribution in [0.15, 0.2) is 47.4 Å². The summed E-state index contributed by atoms with van der Waals surface area (Å²) in [7, 11) is -2.54. The van der Waals surface area contributed by atoms with Crippen molar-refractivity contribution in [2.45, 2.75) is 31.6 Å². The molecule has 0 aromatic heterocycles. The van der Waals surface area contributed by atoms with Crippen molar-refractivity contribution in [3.63, 3.8) is 0 Å². The number of anilines is 1. The maximum atomic E-state index is 12.7. The molecule has 2 aromatic carbocycles. The van der Waals surface area contributed by atoms with Gasteiger partial charge in [0.1, 0.15) is 0 Å². The van der Waals surface area contributed by atoms with E-state index in [4.69, 9.17) is 0 Å². The number of ether oxygens (including phenoxy) is 1. The van der Waals surface area contributed by atoms with Gasteiger partial charge in [0.05, 0.1) is 23.3 Å². The lowest BCUT2D eigenvalue weighted by Crippen LogP contribution is -2.16. The van der Waals surface area contributed by atoms with E-state index in [-0.39, 0.29) is 10.5 Å². The van der Waals surface area contributed by atoms with Crippen molar-refractivity contribution < 1.29 is 17.9 Å². The normalized spacial score (nSPS) is 11.1. The third kappa shape index (κ3) is 3.76. The third-order valence-electron chi connectivity index (χ3n) is 3.80.